The van der Waals surface area contributed by atoms with Crippen LogP contribution < -0.4 is 0 Å². The van der Waals surface area contributed by atoms with E-state index in [-0.39, 0.29) is 19.7 Å². The Morgan fingerprint density at radius 1 is 1.21 bits per heavy atom. The second kappa shape index (κ2) is 6.68. The predicted octanol–water partition coefficient (Wildman–Crippen LogP) is 1.90. The molecule has 2 N–H and O–H groups in total. The van der Waals surface area contributed by atoms with Crippen molar-refractivity contribution in [1.82, 2.24) is 9.80 Å². The van der Waals surface area contributed by atoms with Crippen molar-refractivity contribution >= 4 is 12.2 Å². The highest BCUT2D eigenvalue weighted by molar-refractivity contribution is 5.70. The molecule has 2 aliphatic heterocycles. The van der Waals surface area contributed by atoms with Crippen LogP contribution in [0, 0.1) is 0 Å². The quantitative estimate of drug-likeness (QED) is 0.881. The molecule has 0 aromatic heterocycles. The van der Waals surface area contributed by atoms with Crippen LogP contribution in [0.3, 0.4) is 0 Å². The van der Waals surface area contributed by atoms with Crippen LogP contribution in [0.2, 0.25) is 0 Å². The smallest absolute Gasteiger partial charge is 0.410 e. The molecule has 1 aromatic carbocycles. The number of carbonyl (C=O) groups excluding carboxylic acids is 1. The molecule has 3 rings (SSSR count). The van der Waals surface area contributed by atoms with Crippen LogP contribution in [-0.4, -0.2) is 63.5 Å². The van der Waals surface area contributed by atoms with Gasteiger partial charge in [-0.2, -0.15) is 0 Å². The summed E-state index contributed by atoms with van der Waals surface area (Å²) in [6.07, 6.45) is 0.812. The summed E-state index contributed by atoms with van der Waals surface area (Å²) >= 11 is 0. The maximum Gasteiger partial charge on any atom is 0.410 e. The lowest BCUT2D eigenvalue weighted by Gasteiger charge is -2.53. The van der Waals surface area contributed by atoms with Crippen molar-refractivity contribution in [2.75, 3.05) is 19.6 Å². The maximum atomic E-state index is 12.0. The summed E-state index contributed by atoms with van der Waals surface area (Å²) in [7, 11) is 0. The van der Waals surface area contributed by atoms with E-state index in [0.29, 0.717) is 13.0 Å². The van der Waals surface area contributed by atoms with Gasteiger partial charge in [0.15, 0.2) is 0 Å². The van der Waals surface area contributed by atoms with Crippen molar-refractivity contribution < 1.29 is 24.5 Å². The van der Waals surface area contributed by atoms with Crippen LogP contribution in [0.15, 0.2) is 30.3 Å². The first-order valence-corrected chi connectivity index (χ1v) is 8.17. The standard InChI is InChI=1S/C17H22N2O5/c20-15(21)19-9-5-4-8-14(19)17(23)11-18(12-17)16(22)24-10-13-6-2-1-3-7-13/h1-3,6-7,14,23H,4-5,8-12H2,(H,20,21)/t14-/m0/s1. The van der Waals surface area contributed by atoms with Crippen LogP contribution in [0.1, 0.15) is 24.8 Å². The zero-order valence-electron chi connectivity index (χ0n) is 13.4. The van der Waals surface area contributed by atoms with Gasteiger partial charge in [0, 0.05) is 6.54 Å². The first kappa shape index (κ1) is 16.6. The third kappa shape index (κ3) is 3.31. The van der Waals surface area contributed by atoms with Crippen molar-refractivity contribution in [2.24, 2.45) is 0 Å². The minimum atomic E-state index is -1.18. The molecule has 1 atom stereocenters. The SMILES string of the molecule is O=C(OCc1ccccc1)N1CC(O)([C@@H]2CCCCN2C(=O)O)C1. The first-order valence-electron chi connectivity index (χ1n) is 8.17. The van der Waals surface area contributed by atoms with Gasteiger partial charge in [0.1, 0.15) is 12.2 Å². The van der Waals surface area contributed by atoms with Crippen LogP contribution >= 0.6 is 0 Å². The van der Waals surface area contributed by atoms with E-state index in [1.165, 1.54) is 9.80 Å². The molecular weight excluding hydrogens is 312 g/mol. The molecule has 0 saturated carbocycles. The number of piperidine rings is 1. The summed E-state index contributed by atoms with van der Waals surface area (Å²) in [6, 6.07) is 8.91. The summed E-state index contributed by atoms with van der Waals surface area (Å²) in [5, 5.41) is 20.0. The van der Waals surface area contributed by atoms with Crippen LogP contribution in [0.4, 0.5) is 9.59 Å². The fourth-order valence-electron chi connectivity index (χ4n) is 3.48. The molecule has 0 aliphatic carbocycles. The minimum absolute atomic E-state index is 0.106. The lowest BCUT2D eigenvalue weighted by Crippen LogP contribution is -2.72. The van der Waals surface area contributed by atoms with Crippen molar-refractivity contribution in [1.29, 1.82) is 0 Å². The third-order valence-electron chi connectivity index (χ3n) is 4.76. The average Bonchev–Trinajstić information content (AvgIpc) is 2.57. The number of hydrogen-bond donors (Lipinski definition) is 2. The van der Waals surface area contributed by atoms with E-state index in [9.17, 15) is 19.8 Å². The summed E-state index contributed by atoms with van der Waals surface area (Å²) in [5.74, 6) is 0. The fourth-order valence-corrected chi connectivity index (χ4v) is 3.48. The Balaban J connectivity index is 1.53. The molecule has 24 heavy (non-hydrogen) atoms. The summed E-state index contributed by atoms with van der Waals surface area (Å²) in [6.45, 7) is 0.824. The Bertz CT molecular complexity index is 600. The van der Waals surface area contributed by atoms with E-state index in [0.717, 1.165) is 18.4 Å². The monoisotopic (exact) mass is 334 g/mol. The molecular formula is C17H22N2O5. The lowest BCUT2D eigenvalue weighted by molar-refractivity contribution is -0.139. The molecule has 0 bridgehead atoms. The van der Waals surface area contributed by atoms with E-state index >= 15 is 0 Å². The van der Waals surface area contributed by atoms with Gasteiger partial charge >= 0.3 is 12.2 Å². The van der Waals surface area contributed by atoms with Crippen molar-refractivity contribution in [3.8, 4) is 0 Å². The minimum Gasteiger partial charge on any atom is -0.465 e. The largest absolute Gasteiger partial charge is 0.465 e. The molecule has 2 aliphatic rings. The first-order chi connectivity index (χ1) is 11.5. The van der Waals surface area contributed by atoms with Gasteiger partial charge in [-0.05, 0) is 24.8 Å². The number of benzene rings is 1. The second-order valence-corrected chi connectivity index (χ2v) is 6.49. The van der Waals surface area contributed by atoms with Crippen LogP contribution in [-0.2, 0) is 11.3 Å². The molecule has 0 unspecified atom stereocenters. The molecule has 0 spiro atoms. The number of amides is 2. The molecule has 1 aromatic rings. The van der Waals surface area contributed by atoms with E-state index < -0.39 is 23.8 Å². The van der Waals surface area contributed by atoms with E-state index in [1.807, 2.05) is 30.3 Å². The average molecular weight is 334 g/mol. The van der Waals surface area contributed by atoms with Gasteiger partial charge in [-0.3, -0.25) is 0 Å². The highest BCUT2D eigenvalue weighted by atomic mass is 16.6. The zero-order valence-corrected chi connectivity index (χ0v) is 13.4. The molecule has 2 fully saturated rings. The normalized spacial score (nSPS) is 22.6. The number of rotatable bonds is 3. The molecule has 0 radical (unpaired) electrons. The van der Waals surface area contributed by atoms with Crippen LogP contribution in [0.5, 0.6) is 0 Å². The van der Waals surface area contributed by atoms with Gasteiger partial charge in [-0.25, -0.2) is 9.59 Å². The summed E-state index contributed by atoms with van der Waals surface area (Å²) in [4.78, 5) is 26.1. The van der Waals surface area contributed by atoms with Gasteiger partial charge < -0.3 is 24.7 Å². The van der Waals surface area contributed by atoms with Gasteiger partial charge in [0.2, 0.25) is 0 Å². The van der Waals surface area contributed by atoms with Crippen molar-refractivity contribution in [3.63, 3.8) is 0 Å². The molecule has 2 amide bonds. The van der Waals surface area contributed by atoms with Gasteiger partial charge in [0.25, 0.3) is 0 Å². The Morgan fingerprint density at radius 2 is 1.92 bits per heavy atom. The Labute approximate surface area is 140 Å². The van der Waals surface area contributed by atoms with Gasteiger partial charge in [0.05, 0.1) is 19.1 Å². The van der Waals surface area contributed by atoms with Gasteiger partial charge in [-0.1, -0.05) is 30.3 Å². The molecule has 130 valence electrons. The number of hydrogen-bond acceptors (Lipinski definition) is 4. The van der Waals surface area contributed by atoms with Crippen LogP contribution in [0.25, 0.3) is 0 Å². The summed E-state index contributed by atoms with van der Waals surface area (Å²) < 4.78 is 5.23. The number of likely N-dealkylation sites (tertiary alicyclic amines) is 2. The number of ether oxygens (including phenoxy) is 1. The second-order valence-electron chi connectivity index (χ2n) is 6.49. The highest BCUT2D eigenvalue weighted by Gasteiger charge is 2.53. The highest BCUT2D eigenvalue weighted by Crippen LogP contribution is 2.33. The molecule has 7 nitrogen and oxygen atoms in total. The Kier molecular flexibility index (Phi) is 4.62. The zero-order chi connectivity index (χ0) is 17.2. The molecule has 7 heteroatoms. The molecule has 2 saturated heterocycles. The van der Waals surface area contributed by atoms with Crippen molar-refractivity contribution in [3.05, 3.63) is 35.9 Å². The van der Waals surface area contributed by atoms with E-state index in [4.69, 9.17) is 4.74 Å². The van der Waals surface area contributed by atoms with Crippen molar-refractivity contribution in [2.45, 2.75) is 37.5 Å². The number of aliphatic hydroxyl groups is 1. The number of nitrogens with zero attached hydrogens (tertiary/aromatic N) is 2. The Hall–Kier alpha value is -2.28. The number of β-amino-alcohol motifs (C(OH)–C–C–N with tert-alkyl or cyclic N) is 1. The van der Waals surface area contributed by atoms with Gasteiger partial charge in [-0.15, -0.1) is 0 Å². The fraction of sp³-hybridized carbons (Fsp3) is 0.529. The van der Waals surface area contributed by atoms with E-state index in [1.54, 1.807) is 0 Å². The summed E-state index contributed by atoms with van der Waals surface area (Å²) in [5.41, 5.74) is -0.282. The Morgan fingerprint density at radius 3 is 2.58 bits per heavy atom. The maximum absolute atomic E-state index is 12.0. The number of carboxylic acid groups (broad SMARTS) is 1. The lowest BCUT2D eigenvalue weighted by atomic mass is 9.81. The predicted molar refractivity (Wildman–Crippen MR) is 85.5 cm³/mol. The topological polar surface area (TPSA) is 90.3 Å². The third-order valence-corrected chi connectivity index (χ3v) is 4.76. The van der Waals surface area contributed by atoms with E-state index in [2.05, 4.69) is 0 Å². The molecule has 2 heterocycles. The number of carbonyl (C=O) groups is 2.